The monoisotopic (exact) mass is 392 g/mol. The Bertz CT molecular complexity index is 1040. The van der Waals surface area contributed by atoms with E-state index in [9.17, 15) is 26.4 Å². The Morgan fingerprint density at radius 1 is 1.28 bits per heavy atom. The van der Waals surface area contributed by atoms with Crippen molar-refractivity contribution in [3.63, 3.8) is 0 Å². The SMILES string of the molecule is Cc1cc(-c2ccc(OS(=O)(=O)C(F)(F)F)c(Cl)c2)c(C#N)c(=O)[nH]1. The van der Waals surface area contributed by atoms with Crippen molar-refractivity contribution in [1.29, 1.82) is 5.26 Å². The van der Waals surface area contributed by atoms with E-state index in [1.54, 1.807) is 13.0 Å². The number of nitrogens with one attached hydrogen (secondary N) is 1. The normalized spacial score (nSPS) is 11.8. The lowest BCUT2D eigenvalue weighted by molar-refractivity contribution is -0.0500. The third-order valence-electron chi connectivity index (χ3n) is 3.01. The van der Waals surface area contributed by atoms with Gasteiger partial charge in [-0.1, -0.05) is 17.7 Å². The quantitative estimate of drug-likeness (QED) is 0.639. The van der Waals surface area contributed by atoms with Gasteiger partial charge in [-0.05, 0) is 30.7 Å². The number of rotatable bonds is 3. The van der Waals surface area contributed by atoms with Crippen LogP contribution in [0.25, 0.3) is 11.1 Å². The summed E-state index contributed by atoms with van der Waals surface area (Å²) in [6.07, 6.45) is 0. The Balaban J connectivity index is 2.53. The summed E-state index contributed by atoms with van der Waals surface area (Å²) in [6.45, 7) is 1.57. The number of alkyl halides is 3. The summed E-state index contributed by atoms with van der Waals surface area (Å²) in [5.74, 6) is -0.734. The zero-order chi connectivity index (χ0) is 19.0. The summed E-state index contributed by atoms with van der Waals surface area (Å²) >= 11 is 5.78. The van der Waals surface area contributed by atoms with Crippen LogP contribution in [-0.2, 0) is 10.1 Å². The number of nitrogens with zero attached hydrogens (tertiary/aromatic N) is 1. The van der Waals surface area contributed by atoms with E-state index in [1.165, 1.54) is 12.1 Å². The predicted molar refractivity (Wildman–Crippen MR) is 82.6 cm³/mol. The minimum Gasteiger partial charge on any atom is -0.374 e. The maximum absolute atomic E-state index is 12.4. The number of aryl methyl sites for hydroxylation is 1. The van der Waals surface area contributed by atoms with E-state index in [2.05, 4.69) is 9.17 Å². The molecule has 2 aromatic rings. The second-order valence-corrected chi connectivity index (χ2v) is 6.76. The molecule has 0 aliphatic heterocycles. The first kappa shape index (κ1) is 18.8. The maximum atomic E-state index is 12.4. The van der Waals surface area contributed by atoms with Gasteiger partial charge in [-0.15, -0.1) is 0 Å². The second-order valence-electron chi connectivity index (χ2n) is 4.81. The van der Waals surface area contributed by atoms with Crippen molar-refractivity contribution in [2.45, 2.75) is 12.4 Å². The van der Waals surface area contributed by atoms with E-state index in [0.29, 0.717) is 5.69 Å². The van der Waals surface area contributed by atoms with Gasteiger partial charge in [0.05, 0.1) is 5.02 Å². The van der Waals surface area contributed by atoms with Gasteiger partial charge in [-0.3, -0.25) is 4.79 Å². The van der Waals surface area contributed by atoms with Gasteiger partial charge < -0.3 is 9.17 Å². The minimum atomic E-state index is -5.87. The fourth-order valence-corrected chi connectivity index (χ4v) is 2.67. The average molecular weight is 393 g/mol. The van der Waals surface area contributed by atoms with E-state index < -0.39 is 32.0 Å². The molecule has 25 heavy (non-hydrogen) atoms. The number of aromatic amines is 1. The molecule has 0 atom stereocenters. The Morgan fingerprint density at radius 3 is 2.44 bits per heavy atom. The molecular weight excluding hydrogens is 385 g/mol. The van der Waals surface area contributed by atoms with Gasteiger partial charge in [-0.25, -0.2) is 0 Å². The van der Waals surface area contributed by atoms with Gasteiger partial charge in [0.2, 0.25) is 0 Å². The molecule has 0 saturated carbocycles. The highest BCUT2D eigenvalue weighted by atomic mass is 35.5. The van der Waals surface area contributed by atoms with Gasteiger partial charge in [0, 0.05) is 11.3 Å². The molecule has 0 spiro atoms. The summed E-state index contributed by atoms with van der Waals surface area (Å²) in [5.41, 5.74) is -5.61. The van der Waals surface area contributed by atoms with Crippen LogP contribution < -0.4 is 9.74 Å². The molecule has 0 aliphatic rings. The molecule has 2 rings (SSSR count). The third-order valence-corrected chi connectivity index (χ3v) is 4.27. The highest BCUT2D eigenvalue weighted by Gasteiger charge is 2.48. The van der Waals surface area contributed by atoms with Crippen LogP contribution in [0.5, 0.6) is 5.75 Å². The van der Waals surface area contributed by atoms with Crippen molar-refractivity contribution < 1.29 is 25.8 Å². The summed E-state index contributed by atoms with van der Waals surface area (Å²) in [7, 11) is -5.87. The first-order chi connectivity index (χ1) is 11.5. The lowest BCUT2D eigenvalue weighted by Crippen LogP contribution is -2.28. The van der Waals surface area contributed by atoms with Crippen molar-refractivity contribution in [2.75, 3.05) is 0 Å². The summed E-state index contributed by atoms with van der Waals surface area (Å²) in [4.78, 5) is 14.2. The molecule has 0 saturated heterocycles. The van der Waals surface area contributed by atoms with Crippen molar-refractivity contribution >= 4 is 21.7 Å². The van der Waals surface area contributed by atoms with Crippen LogP contribution in [0, 0.1) is 18.3 Å². The Kier molecular flexibility index (Phi) is 4.83. The van der Waals surface area contributed by atoms with Crippen molar-refractivity contribution in [3.05, 3.63) is 50.9 Å². The van der Waals surface area contributed by atoms with Gasteiger partial charge in [0.1, 0.15) is 11.6 Å². The predicted octanol–water partition coefficient (Wildman–Crippen LogP) is 3.10. The molecule has 1 heterocycles. The molecule has 0 bridgehead atoms. The third kappa shape index (κ3) is 3.78. The number of H-pyrrole nitrogens is 1. The fourth-order valence-electron chi connectivity index (χ4n) is 1.93. The number of hydrogen-bond donors (Lipinski definition) is 1. The molecule has 132 valence electrons. The van der Waals surface area contributed by atoms with E-state index in [4.69, 9.17) is 16.9 Å². The van der Waals surface area contributed by atoms with Gasteiger partial charge in [-0.2, -0.15) is 26.9 Å². The Morgan fingerprint density at radius 2 is 1.92 bits per heavy atom. The van der Waals surface area contributed by atoms with E-state index >= 15 is 0 Å². The van der Waals surface area contributed by atoms with Crippen LogP contribution in [0.2, 0.25) is 5.02 Å². The molecule has 1 aromatic heterocycles. The van der Waals surface area contributed by atoms with Crippen molar-refractivity contribution in [2.24, 2.45) is 0 Å². The fraction of sp³-hybridized carbons (Fsp3) is 0.143. The van der Waals surface area contributed by atoms with Crippen molar-refractivity contribution in [3.8, 4) is 22.9 Å². The lowest BCUT2D eigenvalue weighted by Gasteiger charge is -2.12. The van der Waals surface area contributed by atoms with Crippen LogP contribution >= 0.6 is 11.6 Å². The molecule has 0 radical (unpaired) electrons. The number of hydrogen-bond acceptors (Lipinski definition) is 5. The number of pyridine rings is 1. The standard InChI is InChI=1S/C14H8ClF3N2O4S/c1-7-4-9(10(6-19)13(21)20-7)8-2-3-12(11(15)5-8)24-25(22,23)14(16,17)18/h2-5H,1H3,(H,20,21). The molecule has 1 N–H and O–H groups in total. The zero-order valence-corrected chi connectivity index (χ0v) is 13.9. The average Bonchev–Trinajstić information content (AvgIpc) is 2.47. The largest absolute Gasteiger partial charge is 0.534 e. The van der Waals surface area contributed by atoms with E-state index in [1.807, 2.05) is 0 Å². The topological polar surface area (TPSA) is 100 Å². The van der Waals surface area contributed by atoms with Gasteiger partial charge in [0.25, 0.3) is 5.56 Å². The molecule has 11 heteroatoms. The van der Waals surface area contributed by atoms with E-state index in [0.717, 1.165) is 12.1 Å². The first-order valence-corrected chi connectivity index (χ1v) is 8.19. The Hall–Kier alpha value is -2.51. The summed E-state index contributed by atoms with van der Waals surface area (Å²) in [5, 5.41) is 8.65. The highest BCUT2D eigenvalue weighted by Crippen LogP contribution is 2.34. The highest BCUT2D eigenvalue weighted by molar-refractivity contribution is 7.88. The van der Waals surface area contributed by atoms with E-state index in [-0.39, 0.29) is 16.7 Å². The number of aromatic nitrogens is 1. The van der Waals surface area contributed by atoms with Crippen molar-refractivity contribution in [1.82, 2.24) is 4.98 Å². The molecule has 1 aromatic carbocycles. The first-order valence-electron chi connectivity index (χ1n) is 6.41. The second kappa shape index (κ2) is 6.42. The van der Waals surface area contributed by atoms with Crippen LogP contribution in [0.1, 0.15) is 11.3 Å². The van der Waals surface area contributed by atoms with Crippen LogP contribution in [0.4, 0.5) is 13.2 Å². The molecular formula is C14H8ClF3N2O4S. The minimum absolute atomic E-state index is 0.191. The van der Waals surface area contributed by atoms with Crippen LogP contribution in [0.15, 0.2) is 29.1 Å². The maximum Gasteiger partial charge on any atom is 0.534 e. The molecule has 6 nitrogen and oxygen atoms in total. The molecule has 0 unspecified atom stereocenters. The number of halogens is 4. The zero-order valence-electron chi connectivity index (χ0n) is 12.3. The number of benzene rings is 1. The molecule has 0 amide bonds. The summed E-state index contributed by atoms with van der Waals surface area (Å²) < 4.78 is 63.1. The summed E-state index contributed by atoms with van der Waals surface area (Å²) in [6, 6.07) is 6.37. The molecule has 0 aliphatic carbocycles. The molecule has 0 fully saturated rings. The smallest absolute Gasteiger partial charge is 0.374 e. The van der Waals surface area contributed by atoms with Crippen LogP contribution in [0.3, 0.4) is 0 Å². The number of nitriles is 1. The van der Waals surface area contributed by atoms with Crippen LogP contribution in [-0.4, -0.2) is 18.9 Å². The Labute approximate surface area is 144 Å². The van der Waals surface area contributed by atoms with Gasteiger partial charge in [0.15, 0.2) is 5.75 Å². The lowest BCUT2D eigenvalue weighted by atomic mass is 10.0. The van der Waals surface area contributed by atoms with Gasteiger partial charge >= 0.3 is 15.6 Å².